The van der Waals surface area contributed by atoms with Crippen LogP contribution in [0.15, 0.2) is 30.9 Å². The van der Waals surface area contributed by atoms with E-state index in [0.29, 0.717) is 12.8 Å². The molecule has 0 radical (unpaired) electrons. The van der Waals surface area contributed by atoms with Crippen molar-refractivity contribution in [3.63, 3.8) is 0 Å². The Labute approximate surface area is 229 Å². The quantitative estimate of drug-likeness (QED) is 0.301. The Balaban J connectivity index is 1.63. The van der Waals surface area contributed by atoms with Gasteiger partial charge < -0.3 is 19.7 Å². The number of esters is 1. The van der Waals surface area contributed by atoms with Crippen molar-refractivity contribution in [3.8, 4) is 0 Å². The first-order chi connectivity index (χ1) is 17.9. The Morgan fingerprint density at radius 2 is 1.97 bits per heavy atom. The van der Waals surface area contributed by atoms with E-state index in [-0.39, 0.29) is 29.8 Å². The molecular formula is C30H41NO6S. The van der Waals surface area contributed by atoms with Gasteiger partial charge in [-0.2, -0.15) is 0 Å². The second-order valence-electron chi connectivity index (χ2n) is 11.9. The number of aliphatic hydroxyl groups excluding tert-OH is 2. The standard InChI is InChI=1S/C30H41NO6S/c1-7-9-20-27(34)17(2)10-8-13-30(6)25(37-30)15-22(19-11-12-23-21(14-19)31-18(3)38-23)36-26(33)16-24(32)29(4,5)28(20)35/h7,11-12,14,17,20,22,24-25,27,32,34H,1,8-10,13,15-16H2,2-6H3/t17-,20?,22-,24-,25?,27+,30?/m0/s1. The number of rotatable bonds is 3. The molecule has 2 saturated heterocycles. The maximum absolute atomic E-state index is 13.6. The highest BCUT2D eigenvalue weighted by atomic mass is 32.1. The minimum Gasteiger partial charge on any atom is -0.457 e. The molecule has 0 spiro atoms. The zero-order chi connectivity index (χ0) is 27.8. The van der Waals surface area contributed by atoms with E-state index < -0.39 is 35.6 Å². The van der Waals surface area contributed by atoms with Crippen molar-refractivity contribution in [2.75, 3.05) is 0 Å². The average molecular weight is 544 g/mol. The molecule has 0 saturated carbocycles. The third kappa shape index (κ3) is 6.03. The Morgan fingerprint density at radius 1 is 1.24 bits per heavy atom. The van der Waals surface area contributed by atoms with Gasteiger partial charge in [0.1, 0.15) is 11.9 Å². The number of allylic oxidation sites excluding steroid dienone is 1. The number of nitrogens with zero attached hydrogens (tertiary/aromatic N) is 1. The fourth-order valence-electron chi connectivity index (χ4n) is 5.70. The minimum atomic E-state index is -1.27. The molecule has 7 atom stereocenters. The van der Waals surface area contributed by atoms with E-state index in [1.807, 2.05) is 32.0 Å². The summed E-state index contributed by atoms with van der Waals surface area (Å²) in [5, 5.41) is 23.2. The van der Waals surface area contributed by atoms with Crippen molar-refractivity contribution in [3.05, 3.63) is 41.4 Å². The molecule has 0 aliphatic carbocycles. The lowest BCUT2D eigenvalue weighted by Gasteiger charge is -2.35. The van der Waals surface area contributed by atoms with Gasteiger partial charge in [0.05, 0.1) is 51.0 Å². The number of ketones is 1. The number of hydrogen-bond donors (Lipinski definition) is 2. The van der Waals surface area contributed by atoms with Crippen LogP contribution in [0.1, 0.15) is 82.9 Å². The Kier molecular flexibility index (Phi) is 8.48. The van der Waals surface area contributed by atoms with E-state index in [0.717, 1.165) is 40.1 Å². The lowest BCUT2D eigenvalue weighted by molar-refractivity contribution is -0.156. The summed E-state index contributed by atoms with van der Waals surface area (Å²) in [6, 6.07) is 5.92. The van der Waals surface area contributed by atoms with Crippen LogP contribution in [-0.4, -0.2) is 50.9 Å². The van der Waals surface area contributed by atoms with Crippen molar-refractivity contribution < 1.29 is 29.3 Å². The molecule has 7 nitrogen and oxygen atoms in total. The van der Waals surface area contributed by atoms with Crippen molar-refractivity contribution in [2.45, 2.75) is 103 Å². The number of aliphatic hydroxyl groups is 2. The number of Topliss-reactive ketones (excluding diaryl/α,β-unsaturated/α-hetero) is 1. The van der Waals surface area contributed by atoms with Gasteiger partial charge in [0.15, 0.2) is 0 Å². The summed E-state index contributed by atoms with van der Waals surface area (Å²) in [5.41, 5.74) is 0.115. The maximum atomic E-state index is 13.6. The van der Waals surface area contributed by atoms with Crippen LogP contribution in [0.25, 0.3) is 10.2 Å². The smallest absolute Gasteiger partial charge is 0.309 e. The number of carbonyl (C=O) groups excluding carboxylic acids is 2. The van der Waals surface area contributed by atoms with E-state index in [1.54, 1.807) is 31.3 Å². The van der Waals surface area contributed by atoms with Crippen LogP contribution in [0.3, 0.4) is 0 Å². The molecule has 2 aliphatic heterocycles. The van der Waals surface area contributed by atoms with Crippen LogP contribution in [0.4, 0.5) is 0 Å². The number of aromatic nitrogens is 1. The minimum absolute atomic E-state index is 0.0715. The maximum Gasteiger partial charge on any atom is 0.309 e. The second-order valence-corrected chi connectivity index (χ2v) is 13.1. The lowest BCUT2D eigenvalue weighted by atomic mass is 9.71. The summed E-state index contributed by atoms with van der Waals surface area (Å²) >= 11 is 1.61. The van der Waals surface area contributed by atoms with Gasteiger partial charge in [-0.3, -0.25) is 9.59 Å². The molecule has 2 aromatic rings. The van der Waals surface area contributed by atoms with Crippen molar-refractivity contribution in [2.24, 2.45) is 17.3 Å². The van der Waals surface area contributed by atoms with Crippen molar-refractivity contribution in [1.82, 2.24) is 4.98 Å². The van der Waals surface area contributed by atoms with Crippen molar-refractivity contribution in [1.29, 1.82) is 0 Å². The summed E-state index contributed by atoms with van der Waals surface area (Å²) in [6.45, 7) is 13.0. The van der Waals surface area contributed by atoms with Crippen LogP contribution in [0.2, 0.25) is 0 Å². The van der Waals surface area contributed by atoms with Gasteiger partial charge in [-0.15, -0.1) is 17.9 Å². The van der Waals surface area contributed by atoms with E-state index in [9.17, 15) is 19.8 Å². The summed E-state index contributed by atoms with van der Waals surface area (Å²) in [5.74, 6) is -1.68. The van der Waals surface area contributed by atoms with Gasteiger partial charge in [0.2, 0.25) is 0 Å². The van der Waals surface area contributed by atoms with Gasteiger partial charge in [-0.25, -0.2) is 4.98 Å². The molecule has 3 heterocycles. The number of ether oxygens (including phenoxy) is 2. The molecular weight excluding hydrogens is 502 g/mol. The summed E-state index contributed by atoms with van der Waals surface area (Å²) in [6.07, 6.45) is 1.71. The average Bonchev–Trinajstić information content (AvgIpc) is 3.32. The summed E-state index contributed by atoms with van der Waals surface area (Å²) in [4.78, 5) is 31.3. The predicted octanol–water partition coefficient (Wildman–Crippen LogP) is 5.46. The highest BCUT2D eigenvalue weighted by Crippen LogP contribution is 2.47. The molecule has 8 heteroatoms. The van der Waals surface area contributed by atoms with E-state index in [2.05, 4.69) is 18.5 Å². The molecule has 208 valence electrons. The first kappa shape index (κ1) is 28.9. The Bertz CT molecular complexity index is 1190. The molecule has 4 rings (SSSR count). The summed E-state index contributed by atoms with van der Waals surface area (Å²) < 4.78 is 13.2. The molecule has 3 unspecified atom stereocenters. The number of hydrogen-bond acceptors (Lipinski definition) is 8. The number of benzene rings is 1. The lowest BCUT2D eigenvalue weighted by Crippen LogP contribution is -2.46. The van der Waals surface area contributed by atoms with E-state index >= 15 is 0 Å². The van der Waals surface area contributed by atoms with Crippen LogP contribution in [0, 0.1) is 24.2 Å². The van der Waals surface area contributed by atoms with Gasteiger partial charge >= 0.3 is 5.97 Å². The molecule has 1 aromatic carbocycles. The first-order valence-electron chi connectivity index (χ1n) is 13.6. The fourth-order valence-corrected chi connectivity index (χ4v) is 6.51. The number of epoxide rings is 1. The fraction of sp³-hybridized carbons (Fsp3) is 0.633. The Hall–Kier alpha value is -2.13. The molecule has 2 N–H and O–H groups in total. The van der Waals surface area contributed by atoms with Crippen LogP contribution < -0.4 is 0 Å². The van der Waals surface area contributed by atoms with Crippen LogP contribution in [0.5, 0.6) is 0 Å². The zero-order valence-electron chi connectivity index (χ0n) is 23.1. The first-order valence-corrected chi connectivity index (χ1v) is 14.4. The normalized spacial score (nSPS) is 34.9. The van der Waals surface area contributed by atoms with E-state index in [4.69, 9.17) is 9.47 Å². The number of thiazole rings is 1. The molecule has 0 amide bonds. The highest BCUT2D eigenvalue weighted by molar-refractivity contribution is 7.18. The van der Waals surface area contributed by atoms with E-state index in [1.165, 1.54) is 0 Å². The molecule has 1 aromatic heterocycles. The topological polar surface area (TPSA) is 109 Å². The van der Waals surface area contributed by atoms with Gasteiger partial charge in [0, 0.05) is 12.3 Å². The third-order valence-electron chi connectivity index (χ3n) is 8.54. The molecule has 2 fully saturated rings. The highest BCUT2D eigenvalue weighted by Gasteiger charge is 2.53. The molecule has 2 aliphatic rings. The van der Waals surface area contributed by atoms with Crippen LogP contribution in [-0.2, 0) is 19.1 Å². The number of cyclic esters (lactones) is 1. The number of fused-ring (bicyclic) bond motifs is 2. The predicted molar refractivity (Wildman–Crippen MR) is 148 cm³/mol. The summed E-state index contributed by atoms with van der Waals surface area (Å²) in [7, 11) is 0. The monoisotopic (exact) mass is 543 g/mol. The van der Waals surface area contributed by atoms with Gasteiger partial charge in [-0.05, 0) is 56.7 Å². The zero-order valence-corrected chi connectivity index (χ0v) is 23.9. The van der Waals surface area contributed by atoms with Gasteiger partial charge in [-0.1, -0.05) is 39.3 Å². The SMILES string of the molecule is C=CCC1C(=O)C(C)(C)[C@@H](O)CC(=O)O[C@H](c2ccc3sc(C)nc3c2)CC2OC2(C)CCC[C@H](C)[C@H]1O. The Morgan fingerprint density at radius 3 is 2.68 bits per heavy atom. The van der Waals surface area contributed by atoms with Crippen molar-refractivity contribution >= 4 is 33.3 Å². The van der Waals surface area contributed by atoms with Crippen LogP contribution >= 0.6 is 11.3 Å². The molecule has 38 heavy (non-hydrogen) atoms. The third-order valence-corrected chi connectivity index (χ3v) is 9.49. The largest absolute Gasteiger partial charge is 0.457 e. The number of aryl methyl sites for hydroxylation is 1. The second kappa shape index (κ2) is 11.2. The molecule has 0 bridgehead atoms. The number of carbonyl (C=O) groups is 2. The van der Waals surface area contributed by atoms with Gasteiger partial charge in [0.25, 0.3) is 0 Å².